The minimum atomic E-state index is 0.0296. The Hall–Kier alpha value is -1.89. The van der Waals surface area contributed by atoms with Crippen LogP contribution in [0.25, 0.3) is 11.0 Å². The minimum Gasteiger partial charge on any atom is -0.494 e. The zero-order valence-electron chi connectivity index (χ0n) is 13.6. The van der Waals surface area contributed by atoms with E-state index in [1.165, 1.54) is 0 Å². The summed E-state index contributed by atoms with van der Waals surface area (Å²) in [7, 11) is 0. The van der Waals surface area contributed by atoms with Gasteiger partial charge in [-0.15, -0.1) is 0 Å². The lowest BCUT2D eigenvalue weighted by Crippen LogP contribution is -2.03. The number of aromatic amines is 1. The van der Waals surface area contributed by atoms with Crippen LogP contribution in [0.2, 0.25) is 10.0 Å². The monoisotopic (exact) mass is 407 g/mol. The molecule has 0 atom stereocenters. The molecule has 0 fully saturated rings. The summed E-state index contributed by atoms with van der Waals surface area (Å²) in [5.74, 6) is 1.69. The predicted octanol–water partition coefficient (Wildman–Crippen LogP) is 4.93. The SMILES string of the molecule is O=C1Cc2cc(OCCCSc3nc4cc(Cl)c(Cl)cc4[nH]3)ccc2N1. The summed E-state index contributed by atoms with van der Waals surface area (Å²) in [5, 5.41) is 4.66. The number of carbonyl (C=O) groups excluding carboxylic acids is 1. The summed E-state index contributed by atoms with van der Waals surface area (Å²) in [6.07, 6.45) is 1.29. The van der Waals surface area contributed by atoms with Gasteiger partial charge >= 0.3 is 0 Å². The maximum absolute atomic E-state index is 11.4. The number of halogens is 2. The molecular formula is C18H15Cl2N3O2S. The van der Waals surface area contributed by atoms with Crippen LogP contribution >= 0.6 is 35.0 Å². The van der Waals surface area contributed by atoms with Crippen molar-refractivity contribution in [2.45, 2.75) is 18.0 Å². The molecule has 0 bridgehead atoms. The van der Waals surface area contributed by atoms with Crippen LogP contribution in [0.4, 0.5) is 5.69 Å². The fraction of sp³-hybridized carbons (Fsp3) is 0.222. The second kappa shape index (κ2) is 7.39. The second-order valence-electron chi connectivity index (χ2n) is 5.92. The Morgan fingerprint density at radius 2 is 2.04 bits per heavy atom. The lowest BCUT2D eigenvalue weighted by atomic mass is 10.1. The highest BCUT2D eigenvalue weighted by Gasteiger charge is 2.17. The van der Waals surface area contributed by atoms with Gasteiger partial charge in [0.25, 0.3) is 0 Å². The molecule has 1 aliphatic heterocycles. The summed E-state index contributed by atoms with van der Waals surface area (Å²) in [4.78, 5) is 19.1. The number of ether oxygens (including phenoxy) is 1. The number of H-pyrrole nitrogens is 1. The molecule has 0 saturated heterocycles. The van der Waals surface area contributed by atoms with E-state index in [4.69, 9.17) is 27.9 Å². The first kappa shape index (κ1) is 17.5. The van der Waals surface area contributed by atoms with Crippen LogP contribution in [0.5, 0.6) is 5.75 Å². The number of aromatic nitrogens is 2. The summed E-state index contributed by atoms with van der Waals surface area (Å²) >= 11 is 13.7. The van der Waals surface area contributed by atoms with Crippen LogP contribution in [-0.2, 0) is 11.2 Å². The van der Waals surface area contributed by atoms with E-state index in [1.54, 1.807) is 23.9 Å². The van der Waals surface area contributed by atoms with Crippen molar-refractivity contribution in [1.82, 2.24) is 9.97 Å². The summed E-state index contributed by atoms with van der Waals surface area (Å²) in [6, 6.07) is 9.23. The third kappa shape index (κ3) is 3.77. The summed E-state index contributed by atoms with van der Waals surface area (Å²) in [5.41, 5.74) is 3.54. The van der Waals surface area contributed by atoms with E-state index >= 15 is 0 Å². The van der Waals surface area contributed by atoms with Crippen LogP contribution < -0.4 is 10.1 Å². The smallest absolute Gasteiger partial charge is 0.228 e. The highest BCUT2D eigenvalue weighted by atomic mass is 35.5. The van der Waals surface area contributed by atoms with E-state index in [2.05, 4.69) is 15.3 Å². The highest BCUT2D eigenvalue weighted by molar-refractivity contribution is 7.99. The maximum atomic E-state index is 11.4. The topological polar surface area (TPSA) is 67.0 Å². The number of hydrogen-bond donors (Lipinski definition) is 2. The van der Waals surface area contributed by atoms with Crippen LogP contribution in [0.1, 0.15) is 12.0 Å². The molecule has 4 rings (SSSR count). The Labute approximate surface area is 164 Å². The number of carbonyl (C=O) groups is 1. The van der Waals surface area contributed by atoms with E-state index in [1.807, 2.05) is 18.2 Å². The van der Waals surface area contributed by atoms with Crippen LogP contribution in [0.3, 0.4) is 0 Å². The zero-order chi connectivity index (χ0) is 18.1. The fourth-order valence-corrected chi connectivity index (χ4v) is 3.89. The number of fused-ring (bicyclic) bond motifs is 2. The molecule has 0 unspecified atom stereocenters. The Kier molecular flexibility index (Phi) is 4.98. The quantitative estimate of drug-likeness (QED) is 0.449. The van der Waals surface area contributed by atoms with Gasteiger partial charge in [-0.1, -0.05) is 35.0 Å². The molecule has 5 nitrogen and oxygen atoms in total. The molecule has 26 heavy (non-hydrogen) atoms. The van der Waals surface area contributed by atoms with E-state index in [9.17, 15) is 4.79 Å². The Bertz CT molecular complexity index is 951. The van der Waals surface area contributed by atoms with E-state index < -0.39 is 0 Å². The number of anilines is 1. The predicted molar refractivity (Wildman–Crippen MR) is 106 cm³/mol. The van der Waals surface area contributed by atoms with Crippen molar-refractivity contribution < 1.29 is 9.53 Å². The molecule has 1 aliphatic rings. The molecule has 0 aliphatic carbocycles. The molecule has 2 aromatic carbocycles. The average Bonchev–Trinajstić information content (AvgIpc) is 3.16. The van der Waals surface area contributed by atoms with Crippen molar-refractivity contribution >= 4 is 57.6 Å². The van der Waals surface area contributed by atoms with Gasteiger partial charge in [0.05, 0.1) is 34.1 Å². The van der Waals surface area contributed by atoms with Crippen LogP contribution in [0, 0.1) is 0 Å². The van der Waals surface area contributed by atoms with Gasteiger partial charge in [0, 0.05) is 11.4 Å². The Morgan fingerprint density at radius 1 is 1.19 bits per heavy atom. The number of benzene rings is 2. The third-order valence-corrected chi connectivity index (χ3v) is 5.68. The number of nitrogens with zero attached hydrogens (tertiary/aromatic N) is 1. The van der Waals surface area contributed by atoms with Gasteiger partial charge in [0.15, 0.2) is 5.16 Å². The van der Waals surface area contributed by atoms with E-state index in [0.29, 0.717) is 23.1 Å². The van der Waals surface area contributed by atoms with E-state index in [-0.39, 0.29) is 5.91 Å². The average molecular weight is 408 g/mol. The molecule has 2 N–H and O–H groups in total. The molecule has 3 aromatic rings. The molecule has 1 aromatic heterocycles. The summed E-state index contributed by atoms with van der Waals surface area (Å²) < 4.78 is 5.78. The van der Waals surface area contributed by atoms with Crippen LogP contribution in [-0.4, -0.2) is 28.2 Å². The molecule has 0 radical (unpaired) electrons. The van der Waals surface area contributed by atoms with Crippen molar-refractivity contribution in [2.24, 2.45) is 0 Å². The molecular weight excluding hydrogens is 393 g/mol. The first-order chi connectivity index (χ1) is 12.6. The van der Waals surface area contributed by atoms with Gasteiger partial charge in [-0.05, 0) is 42.3 Å². The standard InChI is InChI=1S/C18H15Cl2N3O2S/c19-12-8-15-16(9-13(12)20)23-18(22-15)26-5-1-4-25-11-2-3-14-10(6-11)7-17(24)21-14/h2-3,6,8-9H,1,4-5,7H2,(H,21,24)(H,22,23). The molecule has 8 heteroatoms. The maximum Gasteiger partial charge on any atom is 0.228 e. The number of hydrogen-bond acceptors (Lipinski definition) is 4. The molecule has 0 spiro atoms. The van der Waals surface area contributed by atoms with Crippen LogP contribution in [0.15, 0.2) is 35.5 Å². The second-order valence-corrected chi connectivity index (χ2v) is 7.82. The van der Waals surface area contributed by atoms with Gasteiger partial charge in [-0.3, -0.25) is 4.79 Å². The lowest BCUT2D eigenvalue weighted by Gasteiger charge is -2.07. The third-order valence-electron chi connectivity index (χ3n) is 4.00. The van der Waals surface area contributed by atoms with Gasteiger partial charge < -0.3 is 15.0 Å². The molecule has 2 heterocycles. The van der Waals surface area contributed by atoms with Crippen molar-refractivity contribution in [2.75, 3.05) is 17.7 Å². The molecule has 134 valence electrons. The van der Waals surface area contributed by atoms with Crippen molar-refractivity contribution in [3.8, 4) is 5.75 Å². The number of amides is 1. The number of rotatable bonds is 6. The number of nitrogens with one attached hydrogen (secondary N) is 2. The van der Waals surface area contributed by atoms with Gasteiger partial charge in [-0.25, -0.2) is 4.98 Å². The number of imidazole rings is 1. The zero-order valence-corrected chi connectivity index (χ0v) is 16.0. The Morgan fingerprint density at radius 3 is 2.92 bits per heavy atom. The van der Waals surface area contributed by atoms with Crippen molar-refractivity contribution in [3.05, 3.63) is 45.9 Å². The fourth-order valence-electron chi connectivity index (χ4n) is 2.76. The first-order valence-corrected chi connectivity index (χ1v) is 9.86. The normalized spacial score (nSPS) is 13.1. The highest BCUT2D eigenvalue weighted by Crippen LogP contribution is 2.29. The van der Waals surface area contributed by atoms with Gasteiger partial charge in [0.1, 0.15) is 5.75 Å². The van der Waals surface area contributed by atoms with Crippen molar-refractivity contribution in [3.63, 3.8) is 0 Å². The molecule has 0 saturated carbocycles. The van der Waals surface area contributed by atoms with Gasteiger partial charge in [-0.2, -0.15) is 0 Å². The van der Waals surface area contributed by atoms with E-state index in [0.717, 1.165) is 45.4 Å². The van der Waals surface area contributed by atoms with Gasteiger partial charge in [0.2, 0.25) is 5.91 Å². The molecule has 1 amide bonds. The largest absolute Gasteiger partial charge is 0.494 e. The lowest BCUT2D eigenvalue weighted by molar-refractivity contribution is -0.115. The van der Waals surface area contributed by atoms with Crippen molar-refractivity contribution in [1.29, 1.82) is 0 Å². The summed E-state index contributed by atoms with van der Waals surface area (Å²) in [6.45, 7) is 0.602. The number of thioether (sulfide) groups is 1. The first-order valence-electron chi connectivity index (χ1n) is 8.11. The minimum absolute atomic E-state index is 0.0296. The Balaban J connectivity index is 1.27.